The minimum atomic E-state index is -0.565. The highest BCUT2D eigenvalue weighted by Gasteiger charge is 2.23. The van der Waals surface area contributed by atoms with E-state index in [1.165, 1.54) is 0 Å². The van der Waals surface area contributed by atoms with Crippen molar-refractivity contribution in [3.05, 3.63) is 60.5 Å². The molecule has 0 unspecified atom stereocenters. The summed E-state index contributed by atoms with van der Waals surface area (Å²) in [6.45, 7) is 2.45. The number of carbonyl (C=O) groups excluding carboxylic acids is 1. The van der Waals surface area contributed by atoms with Gasteiger partial charge in [0.15, 0.2) is 11.6 Å². The van der Waals surface area contributed by atoms with Crippen LogP contribution in [0.1, 0.15) is 12.8 Å². The van der Waals surface area contributed by atoms with Gasteiger partial charge in [-0.25, -0.2) is 9.37 Å². The first-order valence-corrected chi connectivity index (χ1v) is 11.4. The summed E-state index contributed by atoms with van der Waals surface area (Å²) in [5.74, 6) is 0.153. The van der Waals surface area contributed by atoms with Crippen molar-refractivity contribution in [3.63, 3.8) is 0 Å². The summed E-state index contributed by atoms with van der Waals surface area (Å²) >= 11 is 0. The summed E-state index contributed by atoms with van der Waals surface area (Å²) in [6.07, 6.45) is 2.57. The Balaban J connectivity index is 1.40. The van der Waals surface area contributed by atoms with E-state index in [-0.39, 0.29) is 23.6 Å². The Hall–Kier alpha value is -3.92. The Bertz CT molecular complexity index is 1140. The van der Waals surface area contributed by atoms with Crippen molar-refractivity contribution in [2.75, 3.05) is 48.9 Å². The number of rotatable bonds is 10. The molecule has 1 aliphatic heterocycles. The second-order valence-electron chi connectivity index (χ2n) is 8.22. The first-order valence-electron chi connectivity index (χ1n) is 11.4. The van der Waals surface area contributed by atoms with E-state index in [4.69, 9.17) is 15.2 Å². The first-order chi connectivity index (χ1) is 17.0. The third-order valence-corrected chi connectivity index (χ3v) is 5.78. The van der Waals surface area contributed by atoms with E-state index in [9.17, 15) is 9.18 Å². The van der Waals surface area contributed by atoms with E-state index < -0.39 is 5.82 Å². The maximum Gasteiger partial charge on any atom is 0.229 e. The molecule has 10 heteroatoms. The average Bonchev–Trinajstić information content (AvgIpc) is 2.87. The van der Waals surface area contributed by atoms with Crippen molar-refractivity contribution < 1.29 is 18.7 Å². The van der Waals surface area contributed by atoms with Gasteiger partial charge in [-0.2, -0.15) is 4.98 Å². The second kappa shape index (κ2) is 11.5. The molecular formula is C25H29FN6O3. The predicted molar refractivity (Wildman–Crippen MR) is 133 cm³/mol. The number of methoxy groups -OCH3 is 1. The van der Waals surface area contributed by atoms with Gasteiger partial charge in [0.25, 0.3) is 0 Å². The first kappa shape index (κ1) is 24.2. The number of anilines is 5. The number of carbonyl (C=O) groups is 1. The van der Waals surface area contributed by atoms with Crippen LogP contribution in [0.3, 0.4) is 0 Å². The maximum atomic E-state index is 14.5. The molecule has 1 amide bonds. The van der Waals surface area contributed by atoms with Gasteiger partial charge in [-0.15, -0.1) is 0 Å². The number of hydrogen-bond donors (Lipinski definition) is 3. The van der Waals surface area contributed by atoms with E-state index in [0.29, 0.717) is 24.7 Å². The smallest absolute Gasteiger partial charge is 0.229 e. The number of hydrogen-bond acceptors (Lipinski definition) is 8. The van der Waals surface area contributed by atoms with E-state index in [0.717, 1.165) is 43.5 Å². The summed E-state index contributed by atoms with van der Waals surface area (Å²) in [7, 11) is 1.62. The van der Waals surface area contributed by atoms with Crippen molar-refractivity contribution in [3.8, 4) is 5.75 Å². The molecule has 1 aromatic heterocycles. The number of nitrogens with zero attached hydrogens (tertiary/aromatic N) is 3. The lowest BCUT2D eigenvalue weighted by Crippen LogP contribution is -2.38. The highest BCUT2D eigenvalue weighted by molar-refractivity contribution is 5.77. The van der Waals surface area contributed by atoms with Crippen LogP contribution in [0.2, 0.25) is 0 Å². The summed E-state index contributed by atoms with van der Waals surface area (Å²) in [5, 5.41) is 6.12. The molecule has 1 aliphatic rings. The zero-order valence-corrected chi connectivity index (χ0v) is 19.5. The minimum Gasteiger partial charge on any atom is -0.491 e. The normalized spacial score (nSPS) is 13.9. The number of amides is 1. The fourth-order valence-electron chi connectivity index (χ4n) is 3.86. The fourth-order valence-corrected chi connectivity index (χ4v) is 3.86. The van der Waals surface area contributed by atoms with Gasteiger partial charge < -0.3 is 30.7 Å². The van der Waals surface area contributed by atoms with Gasteiger partial charge in [-0.05, 0) is 55.3 Å². The van der Waals surface area contributed by atoms with Crippen LogP contribution in [0.4, 0.5) is 33.2 Å². The molecule has 184 valence electrons. The molecule has 4 N–H and O–H groups in total. The lowest BCUT2D eigenvalue weighted by atomic mass is 9.96. The van der Waals surface area contributed by atoms with Crippen LogP contribution < -0.4 is 26.0 Å². The Kier molecular flexibility index (Phi) is 7.94. The van der Waals surface area contributed by atoms with Gasteiger partial charge in [0, 0.05) is 43.2 Å². The molecule has 0 spiro atoms. The zero-order valence-electron chi connectivity index (χ0n) is 19.5. The largest absolute Gasteiger partial charge is 0.491 e. The van der Waals surface area contributed by atoms with E-state index in [2.05, 4.69) is 25.5 Å². The Labute approximate surface area is 203 Å². The number of nitrogens with one attached hydrogen (secondary N) is 2. The van der Waals surface area contributed by atoms with Crippen molar-refractivity contribution in [1.29, 1.82) is 0 Å². The van der Waals surface area contributed by atoms with Crippen LogP contribution in [0.25, 0.3) is 0 Å². The molecule has 0 radical (unpaired) electrons. The summed E-state index contributed by atoms with van der Waals surface area (Å²) < 4.78 is 25.0. The van der Waals surface area contributed by atoms with Crippen molar-refractivity contribution >= 4 is 34.7 Å². The number of benzene rings is 2. The van der Waals surface area contributed by atoms with Gasteiger partial charge >= 0.3 is 0 Å². The number of halogens is 1. The van der Waals surface area contributed by atoms with Gasteiger partial charge in [0.2, 0.25) is 11.9 Å². The molecule has 35 heavy (non-hydrogen) atoms. The second-order valence-corrected chi connectivity index (χ2v) is 8.22. The summed E-state index contributed by atoms with van der Waals surface area (Å²) in [5.41, 5.74) is 7.85. The molecule has 0 atom stereocenters. The molecule has 9 nitrogen and oxygen atoms in total. The molecule has 2 heterocycles. The maximum absolute atomic E-state index is 14.5. The highest BCUT2D eigenvalue weighted by atomic mass is 19.1. The van der Waals surface area contributed by atoms with Gasteiger partial charge in [0.1, 0.15) is 12.4 Å². The lowest BCUT2D eigenvalue weighted by Gasteiger charge is -2.32. The number of piperidine rings is 1. The molecule has 1 fully saturated rings. The molecule has 4 rings (SSSR count). The van der Waals surface area contributed by atoms with Gasteiger partial charge in [0.05, 0.1) is 12.8 Å². The average molecular weight is 481 g/mol. The third kappa shape index (κ3) is 6.57. The molecule has 3 aromatic rings. The van der Waals surface area contributed by atoms with Gasteiger partial charge in [-0.1, -0.05) is 6.07 Å². The zero-order chi connectivity index (χ0) is 24.6. The minimum absolute atomic E-state index is 0.0617. The van der Waals surface area contributed by atoms with Crippen LogP contribution in [-0.4, -0.2) is 49.3 Å². The standard InChI is InChI=1S/C25H29FN6O3/c1-34-13-14-35-21-7-5-18(6-8-21)30-25-28-16-22(26)24(31-25)29-19-3-2-4-20(15-19)32-11-9-17(10-12-32)23(27)33/h2-8,15-17H,9-14H2,1H3,(H2,27,33)(H2,28,29,30,31). The predicted octanol–water partition coefficient (Wildman–Crippen LogP) is 3.83. The lowest BCUT2D eigenvalue weighted by molar-refractivity contribution is -0.122. The Morgan fingerprint density at radius 1 is 1.11 bits per heavy atom. The van der Waals surface area contributed by atoms with Crippen LogP contribution in [0.15, 0.2) is 54.7 Å². The molecule has 0 saturated carbocycles. The fraction of sp³-hybridized carbons (Fsp3) is 0.320. The molecule has 0 bridgehead atoms. The third-order valence-electron chi connectivity index (χ3n) is 5.78. The van der Waals surface area contributed by atoms with Crippen LogP contribution in [0, 0.1) is 11.7 Å². The summed E-state index contributed by atoms with van der Waals surface area (Å²) in [6, 6.07) is 14.9. The molecule has 2 aromatic carbocycles. The molecular weight excluding hydrogens is 451 g/mol. The number of primary amides is 1. The Morgan fingerprint density at radius 3 is 2.60 bits per heavy atom. The van der Waals surface area contributed by atoms with E-state index >= 15 is 0 Å². The van der Waals surface area contributed by atoms with Crippen LogP contribution >= 0.6 is 0 Å². The molecule has 1 saturated heterocycles. The number of nitrogens with two attached hydrogens (primary N) is 1. The Morgan fingerprint density at radius 2 is 1.89 bits per heavy atom. The highest BCUT2D eigenvalue weighted by Crippen LogP contribution is 2.27. The van der Waals surface area contributed by atoms with Crippen molar-refractivity contribution in [2.45, 2.75) is 12.8 Å². The van der Waals surface area contributed by atoms with Crippen LogP contribution in [0.5, 0.6) is 5.75 Å². The number of aromatic nitrogens is 2. The molecule has 0 aliphatic carbocycles. The number of ether oxygens (including phenoxy) is 2. The summed E-state index contributed by atoms with van der Waals surface area (Å²) in [4.78, 5) is 22.0. The van der Waals surface area contributed by atoms with Crippen molar-refractivity contribution in [1.82, 2.24) is 9.97 Å². The monoisotopic (exact) mass is 480 g/mol. The topological polar surface area (TPSA) is 115 Å². The van der Waals surface area contributed by atoms with Crippen molar-refractivity contribution in [2.24, 2.45) is 11.7 Å². The van der Waals surface area contributed by atoms with Gasteiger partial charge in [-0.3, -0.25) is 4.79 Å². The van der Waals surface area contributed by atoms with E-state index in [1.807, 2.05) is 48.5 Å². The van der Waals surface area contributed by atoms with E-state index in [1.54, 1.807) is 7.11 Å². The SMILES string of the molecule is COCCOc1ccc(Nc2ncc(F)c(Nc3cccc(N4CCC(C(N)=O)CC4)c3)n2)cc1. The van der Waals surface area contributed by atoms with Crippen LogP contribution in [-0.2, 0) is 9.53 Å². The quantitative estimate of drug-likeness (QED) is 0.375.